The molecule has 2 rings (SSSR count). The summed E-state index contributed by atoms with van der Waals surface area (Å²) >= 11 is 0.148. The molecular formula is C12H8N3O5S+. The molecule has 8 nitrogen and oxygen atoms in total. The molecule has 0 aliphatic carbocycles. The van der Waals surface area contributed by atoms with Gasteiger partial charge in [-0.15, -0.1) is 0 Å². The van der Waals surface area contributed by atoms with Crippen molar-refractivity contribution in [3.05, 3.63) is 68.8 Å². The van der Waals surface area contributed by atoms with E-state index in [9.17, 15) is 24.4 Å². The van der Waals surface area contributed by atoms with Crippen LogP contribution >= 0.6 is 0 Å². The third-order valence-electron chi connectivity index (χ3n) is 2.66. The third-order valence-corrected chi connectivity index (χ3v) is 3.24. The number of nitro benzene ring substituents is 2. The Morgan fingerprint density at radius 1 is 0.762 bits per heavy atom. The van der Waals surface area contributed by atoms with Crippen LogP contribution in [-0.4, -0.2) is 9.85 Å². The van der Waals surface area contributed by atoms with Crippen LogP contribution in [0.3, 0.4) is 0 Å². The predicted molar refractivity (Wildman–Crippen MR) is 76.4 cm³/mol. The second kappa shape index (κ2) is 6.01. The van der Waals surface area contributed by atoms with E-state index in [0.717, 1.165) is 0 Å². The Bertz CT molecular complexity index is 630. The molecular weight excluding hydrogens is 298 g/mol. The monoisotopic (exact) mass is 306 g/mol. The molecule has 0 radical (unpaired) electrons. The van der Waals surface area contributed by atoms with Gasteiger partial charge < -0.3 is 0 Å². The molecule has 0 bridgehead atoms. The molecule has 0 saturated heterocycles. The highest BCUT2D eigenvalue weighted by molar-refractivity contribution is 7.67. The highest BCUT2D eigenvalue weighted by atomic mass is 32.2. The van der Waals surface area contributed by atoms with E-state index in [1.807, 2.05) is 0 Å². The molecule has 0 heterocycles. The fraction of sp³-hybridized carbons (Fsp3) is 0. The number of nitrogens with zero attached hydrogens (tertiary/aromatic N) is 3. The van der Waals surface area contributed by atoms with Gasteiger partial charge in [-0.05, 0) is 24.3 Å². The number of nitro groups is 2. The van der Waals surface area contributed by atoms with Gasteiger partial charge in [0.2, 0.25) is 0 Å². The molecule has 0 fully saturated rings. The van der Waals surface area contributed by atoms with Crippen molar-refractivity contribution in [3.63, 3.8) is 0 Å². The molecule has 0 amide bonds. The fourth-order valence-electron chi connectivity index (χ4n) is 1.65. The lowest BCUT2D eigenvalue weighted by Gasteiger charge is -2.05. The van der Waals surface area contributed by atoms with Gasteiger partial charge in [0.05, 0.1) is 14.1 Å². The van der Waals surface area contributed by atoms with Crippen LogP contribution < -0.4 is 4.31 Å². The lowest BCUT2D eigenvalue weighted by molar-refractivity contribution is -0.385. The lowest BCUT2D eigenvalue weighted by Crippen LogP contribution is -2.09. The Labute approximate surface area is 122 Å². The fourth-order valence-corrected chi connectivity index (χ4v) is 2.07. The van der Waals surface area contributed by atoms with E-state index in [0.29, 0.717) is 11.4 Å². The van der Waals surface area contributed by atoms with Crippen molar-refractivity contribution < 1.29 is 14.1 Å². The van der Waals surface area contributed by atoms with Crippen molar-refractivity contribution in [1.29, 1.82) is 0 Å². The van der Waals surface area contributed by atoms with Crippen molar-refractivity contribution in [2.24, 2.45) is 0 Å². The summed E-state index contributed by atoms with van der Waals surface area (Å²) in [6.45, 7) is 0. The van der Waals surface area contributed by atoms with E-state index in [1.54, 1.807) is 0 Å². The molecule has 2 aromatic rings. The van der Waals surface area contributed by atoms with Gasteiger partial charge in [0, 0.05) is 24.3 Å². The molecule has 21 heavy (non-hydrogen) atoms. The minimum absolute atomic E-state index is 0.0849. The summed E-state index contributed by atoms with van der Waals surface area (Å²) in [5.41, 5.74) is 0.709. The highest BCUT2D eigenvalue weighted by Crippen LogP contribution is 2.28. The Hall–Kier alpha value is -2.94. The maximum Gasteiger partial charge on any atom is 0.632 e. The van der Waals surface area contributed by atoms with Gasteiger partial charge in [0.25, 0.3) is 11.4 Å². The van der Waals surface area contributed by atoms with E-state index >= 15 is 0 Å². The number of rotatable bonds is 5. The molecule has 0 aliphatic rings. The Morgan fingerprint density at radius 3 is 1.33 bits per heavy atom. The summed E-state index contributed by atoms with van der Waals surface area (Å²) in [7, 11) is 0. The van der Waals surface area contributed by atoms with Gasteiger partial charge in [-0.3, -0.25) is 20.2 Å². The Balaban J connectivity index is 2.32. The summed E-state index contributed by atoms with van der Waals surface area (Å²) in [6.07, 6.45) is 0. The second-order valence-electron chi connectivity index (χ2n) is 3.92. The number of hydrogen-bond donors (Lipinski definition) is 0. The van der Waals surface area contributed by atoms with Crippen LogP contribution in [0, 0.1) is 20.2 Å². The summed E-state index contributed by atoms with van der Waals surface area (Å²) in [5, 5.41) is 21.2. The van der Waals surface area contributed by atoms with Crippen LogP contribution in [0.2, 0.25) is 0 Å². The van der Waals surface area contributed by atoms with Gasteiger partial charge >= 0.3 is 11.9 Å². The number of benzene rings is 2. The Kier molecular flexibility index (Phi) is 4.14. The SMILES string of the molecule is O=[S+]N(c1ccc([N+](=O)[O-])cc1)c1ccc([N+](=O)[O-])cc1. The van der Waals surface area contributed by atoms with Gasteiger partial charge in [0.1, 0.15) is 11.4 Å². The average Bonchev–Trinajstić information content (AvgIpc) is 2.49. The van der Waals surface area contributed by atoms with Crippen LogP contribution in [-0.2, 0) is 16.1 Å². The maximum absolute atomic E-state index is 11.2. The maximum atomic E-state index is 11.2. The van der Waals surface area contributed by atoms with Crippen LogP contribution in [0.5, 0.6) is 0 Å². The summed E-state index contributed by atoms with van der Waals surface area (Å²) < 4.78 is 12.5. The Morgan fingerprint density at radius 2 is 1.10 bits per heavy atom. The number of hydrogen-bond acceptors (Lipinski definition) is 5. The van der Waals surface area contributed by atoms with Gasteiger partial charge in [-0.2, -0.15) is 0 Å². The van der Waals surface area contributed by atoms with Crippen molar-refractivity contribution in [1.82, 2.24) is 0 Å². The van der Waals surface area contributed by atoms with Crippen LogP contribution in [0.1, 0.15) is 0 Å². The van der Waals surface area contributed by atoms with E-state index < -0.39 is 9.85 Å². The highest BCUT2D eigenvalue weighted by Gasteiger charge is 2.23. The summed E-state index contributed by atoms with van der Waals surface area (Å²) in [6, 6.07) is 10.9. The molecule has 9 heteroatoms. The lowest BCUT2D eigenvalue weighted by atomic mass is 10.2. The average molecular weight is 306 g/mol. The molecule has 2 aromatic carbocycles. The van der Waals surface area contributed by atoms with Crippen LogP contribution in [0.15, 0.2) is 48.5 Å². The molecule has 0 aliphatic heterocycles. The largest absolute Gasteiger partial charge is 0.632 e. The zero-order chi connectivity index (χ0) is 15.4. The molecule has 0 atom stereocenters. The van der Waals surface area contributed by atoms with Gasteiger partial charge in [0.15, 0.2) is 0 Å². The smallest absolute Gasteiger partial charge is 0.258 e. The minimum atomic E-state index is -0.537. The third kappa shape index (κ3) is 3.15. The first-order chi connectivity index (χ1) is 10.0. The zero-order valence-electron chi connectivity index (χ0n) is 10.4. The molecule has 0 saturated carbocycles. The second-order valence-corrected chi connectivity index (χ2v) is 4.43. The first kappa shape index (κ1) is 14.5. The molecule has 106 valence electrons. The summed E-state index contributed by atoms with van der Waals surface area (Å²) in [4.78, 5) is 20.1. The van der Waals surface area contributed by atoms with Crippen molar-refractivity contribution in [2.75, 3.05) is 4.31 Å². The minimum Gasteiger partial charge on any atom is -0.258 e. The van der Waals surface area contributed by atoms with E-state index in [4.69, 9.17) is 0 Å². The first-order valence-electron chi connectivity index (χ1n) is 5.62. The first-order valence-corrected chi connectivity index (χ1v) is 6.32. The van der Waals surface area contributed by atoms with Crippen molar-refractivity contribution in [3.8, 4) is 0 Å². The summed E-state index contributed by atoms with van der Waals surface area (Å²) in [5.74, 6) is 0. The predicted octanol–water partition coefficient (Wildman–Crippen LogP) is 2.98. The quantitative estimate of drug-likeness (QED) is 0.365. The van der Waals surface area contributed by atoms with Crippen molar-refractivity contribution >= 4 is 34.6 Å². The molecule has 0 N–H and O–H groups in total. The molecule has 0 spiro atoms. The van der Waals surface area contributed by atoms with Crippen LogP contribution in [0.4, 0.5) is 22.7 Å². The van der Waals surface area contributed by atoms with Gasteiger partial charge in [-0.25, -0.2) is 0 Å². The zero-order valence-corrected chi connectivity index (χ0v) is 11.2. The molecule has 0 aromatic heterocycles. The number of anilines is 2. The topological polar surface area (TPSA) is 107 Å². The van der Waals surface area contributed by atoms with E-state index in [2.05, 4.69) is 0 Å². The normalized spacial score (nSPS) is 9.90. The molecule has 0 unspecified atom stereocenters. The standard InChI is InChI=1S/C12H8N3O5S/c16-14(17)11-5-1-9(2-6-11)13(21-20)10-3-7-12(8-4-10)15(18)19/h1-8H/q+1. The van der Waals surface area contributed by atoms with Crippen molar-refractivity contribution in [2.45, 2.75) is 0 Å². The van der Waals surface area contributed by atoms with E-state index in [1.165, 1.54) is 52.8 Å². The van der Waals surface area contributed by atoms with Crippen LogP contribution in [0.25, 0.3) is 0 Å². The number of non-ortho nitro benzene ring substituents is 2. The van der Waals surface area contributed by atoms with Gasteiger partial charge in [-0.1, -0.05) is 4.31 Å². The van der Waals surface area contributed by atoms with E-state index in [-0.39, 0.29) is 23.2 Å².